The van der Waals surface area contributed by atoms with Gasteiger partial charge in [0.05, 0.1) is 17.2 Å². The van der Waals surface area contributed by atoms with Gasteiger partial charge < -0.3 is 20.1 Å². The van der Waals surface area contributed by atoms with Crippen LogP contribution in [0.4, 0.5) is 0 Å². The van der Waals surface area contributed by atoms with Gasteiger partial charge in [-0.25, -0.2) is 4.98 Å². The standard InChI is InChI=1S/C30H32N6O3S/c1-19(20-5-4-6-24(13-20)39-23-9-11-34(2)12-10-23)38-27-15-28(40-29(27)30(31)37)36-18-32-25-14-21(7-8-26(25)36)22-16-33-35(3)17-22/h4-8,13-19,23H,9-12H2,1-3H3,(H2,31,37). The molecule has 40 heavy (non-hydrogen) atoms. The van der Waals surface area contributed by atoms with E-state index < -0.39 is 5.91 Å². The van der Waals surface area contributed by atoms with Gasteiger partial charge in [-0.2, -0.15) is 5.10 Å². The van der Waals surface area contributed by atoms with E-state index >= 15 is 0 Å². The molecule has 1 aliphatic heterocycles. The van der Waals surface area contributed by atoms with E-state index in [9.17, 15) is 4.79 Å². The van der Waals surface area contributed by atoms with Crippen LogP contribution in [-0.2, 0) is 7.05 Å². The van der Waals surface area contributed by atoms with Crippen LogP contribution in [0.15, 0.2) is 67.3 Å². The smallest absolute Gasteiger partial charge is 0.262 e. The molecular formula is C30H32N6O3S. The Morgan fingerprint density at radius 1 is 1.10 bits per heavy atom. The molecule has 1 fully saturated rings. The highest BCUT2D eigenvalue weighted by Gasteiger charge is 2.22. The quantitative estimate of drug-likeness (QED) is 0.282. The number of imidazole rings is 1. The molecule has 0 saturated carbocycles. The van der Waals surface area contributed by atoms with Gasteiger partial charge in [-0.1, -0.05) is 18.2 Å². The van der Waals surface area contributed by atoms with Crippen LogP contribution in [0.2, 0.25) is 0 Å². The topological polar surface area (TPSA) is 100 Å². The van der Waals surface area contributed by atoms with Gasteiger partial charge in [0.2, 0.25) is 0 Å². The molecule has 3 aromatic heterocycles. The van der Waals surface area contributed by atoms with Crippen molar-refractivity contribution in [2.45, 2.75) is 32.0 Å². The molecule has 1 aliphatic rings. The molecule has 2 N–H and O–H groups in total. The summed E-state index contributed by atoms with van der Waals surface area (Å²) in [6, 6.07) is 15.9. The van der Waals surface area contributed by atoms with Crippen LogP contribution in [0.25, 0.3) is 27.2 Å². The molecule has 5 aromatic rings. The van der Waals surface area contributed by atoms with E-state index in [0.29, 0.717) is 10.6 Å². The molecule has 0 aliphatic carbocycles. The third kappa shape index (κ3) is 5.32. The van der Waals surface area contributed by atoms with Crippen molar-refractivity contribution in [2.75, 3.05) is 20.1 Å². The van der Waals surface area contributed by atoms with Gasteiger partial charge in [0, 0.05) is 38.0 Å². The average molecular weight is 557 g/mol. The predicted molar refractivity (Wildman–Crippen MR) is 156 cm³/mol. The molecule has 6 rings (SSSR count). The minimum Gasteiger partial charge on any atom is -0.490 e. The summed E-state index contributed by atoms with van der Waals surface area (Å²) >= 11 is 1.29. The number of hydrogen-bond acceptors (Lipinski definition) is 7. The normalized spacial score (nSPS) is 15.4. The zero-order chi connectivity index (χ0) is 27.8. The van der Waals surface area contributed by atoms with E-state index in [1.165, 1.54) is 11.3 Å². The summed E-state index contributed by atoms with van der Waals surface area (Å²) in [4.78, 5) is 19.7. The SMILES string of the molecule is CC(Oc1cc(-n2cnc3cc(-c4cnn(C)c4)ccc32)sc1C(N)=O)c1cccc(OC2CCN(C)CC2)c1. The van der Waals surface area contributed by atoms with E-state index in [1.54, 1.807) is 11.0 Å². The third-order valence-corrected chi connectivity index (χ3v) is 8.46. The van der Waals surface area contributed by atoms with Gasteiger partial charge in [-0.15, -0.1) is 11.3 Å². The third-order valence-electron chi connectivity index (χ3n) is 7.33. The first-order chi connectivity index (χ1) is 19.3. The number of thiophene rings is 1. The van der Waals surface area contributed by atoms with Crippen molar-refractivity contribution in [1.29, 1.82) is 0 Å². The number of aryl methyl sites for hydroxylation is 1. The van der Waals surface area contributed by atoms with Crippen molar-refractivity contribution in [3.63, 3.8) is 0 Å². The summed E-state index contributed by atoms with van der Waals surface area (Å²) in [5.74, 6) is 0.760. The number of rotatable bonds is 8. The zero-order valence-corrected chi connectivity index (χ0v) is 23.6. The highest BCUT2D eigenvalue weighted by Crippen LogP contribution is 2.37. The number of benzene rings is 2. The Balaban J connectivity index is 1.23. The summed E-state index contributed by atoms with van der Waals surface area (Å²) in [6.45, 7) is 4.04. The number of aromatic nitrogens is 4. The van der Waals surface area contributed by atoms with Crippen LogP contribution in [0.1, 0.15) is 41.1 Å². The lowest BCUT2D eigenvalue weighted by Crippen LogP contribution is -2.35. The van der Waals surface area contributed by atoms with Gasteiger partial charge in [-0.05, 0) is 62.2 Å². The number of likely N-dealkylation sites (tertiary alicyclic amines) is 1. The van der Waals surface area contributed by atoms with Gasteiger partial charge in [0.1, 0.15) is 39.9 Å². The summed E-state index contributed by atoms with van der Waals surface area (Å²) in [6.07, 6.45) is 7.48. The van der Waals surface area contributed by atoms with Gasteiger partial charge in [0.15, 0.2) is 0 Å². The lowest BCUT2D eigenvalue weighted by molar-refractivity contribution is 0.0998. The maximum atomic E-state index is 12.4. The largest absolute Gasteiger partial charge is 0.490 e. The van der Waals surface area contributed by atoms with E-state index in [-0.39, 0.29) is 12.2 Å². The first-order valence-corrected chi connectivity index (χ1v) is 14.2. The van der Waals surface area contributed by atoms with E-state index in [4.69, 9.17) is 15.2 Å². The Hall–Kier alpha value is -4.15. The Kier molecular flexibility index (Phi) is 7.03. The number of nitrogens with two attached hydrogens (primary N) is 1. The molecule has 206 valence electrons. The second-order valence-corrected chi connectivity index (χ2v) is 11.3. The van der Waals surface area contributed by atoms with Crippen LogP contribution in [-0.4, -0.2) is 56.4 Å². The summed E-state index contributed by atoms with van der Waals surface area (Å²) in [7, 11) is 4.03. The molecule has 4 heterocycles. The first kappa shape index (κ1) is 26.1. The minimum absolute atomic E-state index is 0.217. The van der Waals surface area contributed by atoms with E-state index in [2.05, 4.69) is 22.0 Å². The van der Waals surface area contributed by atoms with E-state index in [1.807, 2.05) is 79.5 Å². The number of fused-ring (bicyclic) bond motifs is 1. The van der Waals surface area contributed by atoms with Crippen molar-refractivity contribution in [3.8, 4) is 27.6 Å². The monoisotopic (exact) mass is 556 g/mol. The highest BCUT2D eigenvalue weighted by molar-refractivity contribution is 7.16. The maximum Gasteiger partial charge on any atom is 0.262 e. The minimum atomic E-state index is -0.527. The lowest BCUT2D eigenvalue weighted by Gasteiger charge is -2.29. The number of hydrogen-bond donors (Lipinski definition) is 1. The molecule has 1 atom stereocenters. The van der Waals surface area contributed by atoms with Crippen LogP contribution in [0.5, 0.6) is 11.5 Å². The van der Waals surface area contributed by atoms with Crippen molar-refractivity contribution in [2.24, 2.45) is 12.8 Å². The fraction of sp³-hybridized carbons (Fsp3) is 0.300. The van der Waals surface area contributed by atoms with Crippen LogP contribution in [0, 0.1) is 0 Å². The lowest BCUT2D eigenvalue weighted by atomic mass is 10.1. The maximum absolute atomic E-state index is 12.4. The Morgan fingerprint density at radius 2 is 1.93 bits per heavy atom. The molecule has 9 nitrogen and oxygen atoms in total. The van der Waals surface area contributed by atoms with Crippen molar-refractivity contribution in [1.82, 2.24) is 24.2 Å². The molecule has 1 amide bonds. The molecule has 0 radical (unpaired) electrons. The highest BCUT2D eigenvalue weighted by atomic mass is 32.1. The zero-order valence-electron chi connectivity index (χ0n) is 22.8. The number of piperidine rings is 1. The number of primary amides is 1. The van der Waals surface area contributed by atoms with Crippen LogP contribution >= 0.6 is 11.3 Å². The van der Waals surface area contributed by atoms with Crippen molar-refractivity contribution >= 4 is 28.3 Å². The molecular weight excluding hydrogens is 524 g/mol. The molecule has 2 aromatic carbocycles. The number of ether oxygens (including phenoxy) is 2. The Bertz CT molecular complexity index is 1660. The number of carbonyl (C=O) groups is 1. The van der Waals surface area contributed by atoms with Gasteiger partial charge >= 0.3 is 0 Å². The molecule has 10 heteroatoms. The molecule has 0 bridgehead atoms. The van der Waals surface area contributed by atoms with Crippen molar-refractivity contribution in [3.05, 3.63) is 77.7 Å². The second kappa shape index (κ2) is 10.8. The summed E-state index contributed by atoms with van der Waals surface area (Å²) in [5.41, 5.74) is 10.6. The number of carbonyl (C=O) groups excluding carboxylic acids is 1. The fourth-order valence-corrected chi connectivity index (χ4v) is 6.00. The number of amides is 1. The average Bonchev–Trinajstić information content (AvgIpc) is 3.68. The fourth-order valence-electron chi connectivity index (χ4n) is 5.07. The van der Waals surface area contributed by atoms with Gasteiger partial charge in [-0.3, -0.25) is 14.0 Å². The number of nitrogens with zero attached hydrogens (tertiary/aromatic N) is 5. The molecule has 1 saturated heterocycles. The molecule has 1 unspecified atom stereocenters. The Labute approximate surface area is 236 Å². The van der Waals surface area contributed by atoms with Crippen molar-refractivity contribution < 1.29 is 14.3 Å². The van der Waals surface area contributed by atoms with Crippen LogP contribution in [0.3, 0.4) is 0 Å². The first-order valence-electron chi connectivity index (χ1n) is 13.4. The Morgan fingerprint density at radius 3 is 2.67 bits per heavy atom. The van der Waals surface area contributed by atoms with Gasteiger partial charge in [0.25, 0.3) is 5.91 Å². The summed E-state index contributed by atoms with van der Waals surface area (Å²) < 4.78 is 16.3. The predicted octanol–water partition coefficient (Wildman–Crippen LogP) is 5.20. The second-order valence-electron chi connectivity index (χ2n) is 10.3. The van der Waals surface area contributed by atoms with E-state index in [0.717, 1.165) is 64.4 Å². The molecule has 0 spiro atoms. The summed E-state index contributed by atoms with van der Waals surface area (Å²) in [5, 5.41) is 5.06. The van der Waals surface area contributed by atoms with Crippen LogP contribution < -0.4 is 15.2 Å².